The van der Waals surface area contributed by atoms with Gasteiger partial charge in [0.1, 0.15) is 0 Å². The minimum atomic E-state index is 0.183. The Balaban J connectivity index is 1.87. The van der Waals surface area contributed by atoms with Gasteiger partial charge in [0, 0.05) is 12.6 Å². The number of hydrogen-bond acceptors (Lipinski definition) is 2. The minimum Gasteiger partial charge on any atom is -0.353 e. The summed E-state index contributed by atoms with van der Waals surface area (Å²) < 4.78 is 0. The summed E-state index contributed by atoms with van der Waals surface area (Å²) >= 11 is 0. The summed E-state index contributed by atoms with van der Waals surface area (Å²) in [6, 6.07) is 0.417. The van der Waals surface area contributed by atoms with E-state index in [2.05, 4.69) is 31.4 Å². The molecule has 1 saturated heterocycles. The molecular weight excluding hydrogens is 212 g/mol. The van der Waals surface area contributed by atoms with E-state index in [1.54, 1.807) is 0 Å². The number of carbonyl (C=O) groups excluding carboxylic acids is 1. The number of nitrogens with one attached hydrogen (secondary N) is 2. The molecule has 5 unspecified atom stereocenters. The molecule has 2 aliphatic rings. The third-order valence-corrected chi connectivity index (χ3v) is 4.93. The van der Waals surface area contributed by atoms with Crippen LogP contribution in [0.1, 0.15) is 40.0 Å². The smallest absolute Gasteiger partial charge is 0.224 e. The highest BCUT2D eigenvalue weighted by molar-refractivity contribution is 5.79. The van der Waals surface area contributed by atoms with Gasteiger partial charge >= 0.3 is 0 Å². The van der Waals surface area contributed by atoms with E-state index >= 15 is 0 Å². The average molecular weight is 238 g/mol. The Morgan fingerprint density at radius 1 is 1.29 bits per heavy atom. The van der Waals surface area contributed by atoms with Crippen LogP contribution in [0.15, 0.2) is 0 Å². The third-order valence-electron chi connectivity index (χ3n) is 4.93. The van der Waals surface area contributed by atoms with Crippen LogP contribution in [-0.2, 0) is 4.79 Å². The van der Waals surface area contributed by atoms with Crippen LogP contribution in [0.4, 0.5) is 0 Å². The fourth-order valence-corrected chi connectivity index (χ4v) is 3.48. The van der Waals surface area contributed by atoms with Gasteiger partial charge in [0.15, 0.2) is 0 Å². The molecule has 1 aliphatic carbocycles. The lowest BCUT2D eigenvalue weighted by molar-refractivity contribution is -0.126. The van der Waals surface area contributed by atoms with Crippen molar-refractivity contribution >= 4 is 5.91 Å². The van der Waals surface area contributed by atoms with Crippen molar-refractivity contribution in [1.82, 2.24) is 10.6 Å². The van der Waals surface area contributed by atoms with E-state index < -0.39 is 0 Å². The predicted molar refractivity (Wildman–Crippen MR) is 69.6 cm³/mol. The van der Waals surface area contributed by atoms with Gasteiger partial charge in [-0.2, -0.15) is 0 Å². The third kappa shape index (κ3) is 2.65. The van der Waals surface area contributed by atoms with Crippen LogP contribution < -0.4 is 10.6 Å². The van der Waals surface area contributed by atoms with Crippen LogP contribution in [0.25, 0.3) is 0 Å². The molecule has 1 amide bonds. The van der Waals surface area contributed by atoms with Crippen LogP contribution in [0, 0.1) is 23.7 Å². The maximum Gasteiger partial charge on any atom is 0.224 e. The monoisotopic (exact) mass is 238 g/mol. The number of amides is 1. The van der Waals surface area contributed by atoms with Crippen molar-refractivity contribution in [1.29, 1.82) is 0 Å². The summed E-state index contributed by atoms with van der Waals surface area (Å²) in [7, 11) is 0. The maximum absolute atomic E-state index is 12.2. The molecule has 3 nitrogen and oxygen atoms in total. The SMILES string of the molecule is CCC1CCC(NC(=O)C2CNCC2C)C1C. The number of hydrogen-bond donors (Lipinski definition) is 2. The van der Waals surface area contributed by atoms with Crippen LogP contribution in [0.2, 0.25) is 0 Å². The molecule has 3 heteroatoms. The second-order valence-corrected chi connectivity index (χ2v) is 5.96. The van der Waals surface area contributed by atoms with E-state index in [0.29, 0.717) is 17.9 Å². The lowest BCUT2D eigenvalue weighted by Crippen LogP contribution is -2.42. The van der Waals surface area contributed by atoms with Gasteiger partial charge in [-0.25, -0.2) is 0 Å². The van der Waals surface area contributed by atoms with E-state index in [4.69, 9.17) is 0 Å². The highest BCUT2D eigenvalue weighted by Gasteiger charge is 2.36. The largest absolute Gasteiger partial charge is 0.353 e. The molecule has 0 aromatic rings. The molecule has 2 fully saturated rings. The Labute approximate surface area is 105 Å². The van der Waals surface area contributed by atoms with Gasteiger partial charge in [0.25, 0.3) is 0 Å². The summed E-state index contributed by atoms with van der Waals surface area (Å²) in [6.07, 6.45) is 3.69. The van der Waals surface area contributed by atoms with Crippen LogP contribution in [0.3, 0.4) is 0 Å². The molecule has 1 heterocycles. The molecule has 1 saturated carbocycles. The van der Waals surface area contributed by atoms with Crippen LogP contribution in [-0.4, -0.2) is 25.0 Å². The van der Waals surface area contributed by atoms with Gasteiger partial charge in [0.05, 0.1) is 5.92 Å². The normalized spacial score (nSPS) is 41.7. The van der Waals surface area contributed by atoms with Gasteiger partial charge in [-0.15, -0.1) is 0 Å². The first-order chi connectivity index (χ1) is 8.13. The molecule has 0 spiro atoms. The van der Waals surface area contributed by atoms with Crippen LogP contribution in [0.5, 0.6) is 0 Å². The van der Waals surface area contributed by atoms with Gasteiger partial charge in [0.2, 0.25) is 5.91 Å². The molecule has 17 heavy (non-hydrogen) atoms. The zero-order chi connectivity index (χ0) is 12.4. The summed E-state index contributed by atoms with van der Waals surface area (Å²) in [5.41, 5.74) is 0. The highest BCUT2D eigenvalue weighted by Crippen LogP contribution is 2.34. The van der Waals surface area contributed by atoms with Gasteiger partial charge in [-0.3, -0.25) is 4.79 Å². The van der Waals surface area contributed by atoms with E-state index in [1.165, 1.54) is 19.3 Å². The Hall–Kier alpha value is -0.570. The topological polar surface area (TPSA) is 41.1 Å². The van der Waals surface area contributed by atoms with Gasteiger partial charge in [-0.05, 0) is 37.1 Å². The lowest BCUT2D eigenvalue weighted by Gasteiger charge is -2.23. The van der Waals surface area contributed by atoms with E-state index in [0.717, 1.165) is 19.0 Å². The van der Waals surface area contributed by atoms with Crippen molar-refractivity contribution < 1.29 is 4.79 Å². The maximum atomic E-state index is 12.2. The molecular formula is C14H26N2O. The van der Waals surface area contributed by atoms with Crippen molar-refractivity contribution in [3.05, 3.63) is 0 Å². The average Bonchev–Trinajstić information content (AvgIpc) is 2.87. The van der Waals surface area contributed by atoms with Crippen LogP contribution >= 0.6 is 0 Å². The fraction of sp³-hybridized carbons (Fsp3) is 0.929. The fourth-order valence-electron chi connectivity index (χ4n) is 3.48. The quantitative estimate of drug-likeness (QED) is 0.787. The van der Waals surface area contributed by atoms with Gasteiger partial charge in [-0.1, -0.05) is 27.2 Å². The first-order valence-electron chi connectivity index (χ1n) is 7.14. The zero-order valence-electron chi connectivity index (χ0n) is 11.3. The van der Waals surface area contributed by atoms with Crippen molar-refractivity contribution in [3.8, 4) is 0 Å². The molecule has 0 bridgehead atoms. The van der Waals surface area contributed by atoms with Gasteiger partial charge < -0.3 is 10.6 Å². The molecule has 2 N–H and O–H groups in total. The summed E-state index contributed by atoms with van der Waals surface area (Å²) in [5, 5.41) is 6.58. The standard InChI is InChI=1S/C14H26N2O/c1-4-11-5-6-13(10(11)3)16-14(17)12-8-15-7-9(12)2/h9-13,15H,4-8H2,1-3H3,(H,16,17). The molecule has 0 radical (unpaired) electrons. The van der Waals surface area contributed by atoms with E-state index in [-0.39, 0.29) is 11.8 Å². The summed E-state index contributed by atoms with van der Waals surface area (Å²) in [4.78, 5) is 12.2. The first kappa shape index (κ1) is 12.9. The Morgan fingerprint density at radius 3 is 2.59 bits per heavy atom. The van der Waals surface area contributed by atoms with Crippen molar-refractivity contribution in [2.75, 3.05) is 13.1 Å². The van der Waals surface area contributed by atoms with Crippen molar-refractivity contribution in [2.24, 2.45) is 23.7 Å². The number of rotatable bonds is 3. The molecule has 1 aliphatic heterocycles. The molecule has 98 valence electrons. The number of carbonyl (C=O) groups is 1. The minimum absolute atomic E-state index is 0.183. The molecule has 0 aromatic heterocycles. The second-order valence-electron chi connectivity index (χ2n) is 5.96. The zero-order valence-corrected chi connectivity index (χ0v) is 11.3. The summed E-state index contributed by atoms with van der Waals surface area (Å²) in [5.74, 6) is 2.39. The van der Waals surface area contributed by atoms with E-state index in [1.807, 2.05) is 0 Å². The summed E-state index contributed by atoms with van der Waals surface area (Å²) in [6.45, 7) is 8.55. The Morgan fingerprint density at radius 2 is 2.06 bits per heavy atom. The lowest BCUT2D eigenvalue weighted by atomic mass is 9.92. The first-order valence-corrected chi connectivity index (χ1v) is 7.14. The van der Waals surface area contributed by atoms with E-state index in [9.17, 15) is 4.79 Å². The predicted octanol–water partition coefficient (Wildman–Crippen LogP) is 1.78. The van der Waals surface area contributed by atoms with Crippen molar-refractivity contribution in [3.63, 3.8) is 0 Å². The Kier molecular flexibility index (Phi) is 4.08. The van der Waals surface area contributed by atoms with Crippen molar-refractivity contribution in [2.45, 2.75) is 46.1 Å². The molecule has 5 atom stereocenters. The highest BCUT2D eigenvalue weighted by atomic mass is 16.2. The second kappa shape index (κ2) is 5.38. The molecule has 2 rings (SSSR count). The molecule has 0 aromatic carbocycles. The Bertz CT molecular complexity index is 279.